The number of unbranched alkanes of at least 4 members (excludes halogenated alkanes) is 1. The molecule has 0 saturated heterocycles. The predicted octanol–water partition coefficient (Wildman–Crippen LogP) is 6.43. The van der Waals surface area contributed by atoms with E-state index in [1.807, 2.05) is 0 Å². The second kappa shape index (κ2) is 6.92. The van der Waals surface area contributed by atoms with Crippen molar-refractivity contribution in [1.82, 2.24) is 0 Å². The molecule has 0 aliphatic heterocycles. The summed E-state index contributed by atoms with van der Waals surface area (Å²) in [5, 5.41) is 0. The molecule has 19 heavy (non-hydrogen) atoms. The Morgan fingerprint density at radius 1 is 1.26 bits per heavy atom. The maximum absolute atomic E-state index is 2.41. The van der Waals surface area contributed by atoms with Crippen LogP contribution in [0.1, 0.15) is 69.7 Å². The highest BCUT2D eigenvalue weighted by Gasteiger charge is 2.17. The van der Waals surface area contributed by atoms with Gasteiger partial charge in [0.2, 0.25) is 0 Å². The number of allylic oxidation sites excluding steroid dienone is 1. The van der Waals surface area contributed by atoms with E-state index in [1.54, 1.807) is 5.56 Å². The first-order chi connectivity index (χ1) is 8.81. The molecule has 106 valence electrons. The molecule has 0 atom stereocenters. The first kappa shape index (κ1) is 16.7. The van der Waals surface area contributed by atoms with Crippen LogP contribution in [0.25, 0.3) is 5.57 Å². The lowest BCUT2D eigenvalue weighted by atomic mass is 9.82. The van der Waals surface area contributed by atoms with Crippen molar-refractivity contribution >= 4 is 28.2 Å². The van der Waals surface area contributed by atoms with Gasteiger partial charge in [0.15, 0.2) is 0 Å². The Hall–Kier alpha value is -0.310. The maximum atomic E-state index is 2.41. The van der Waals surface area contributed by atoms with Gasteiger partial charge in [0.1, 0.15) is 0 Å². The van der Waals surface area contributed by atoms with E-state index in [0.29, 0.717) is 0 Å². The molecular formula is C18H27I. The average molecular weight is 370 g/mol. The van der Waals surface area contributed by atoms with Gasteiger partial charge in [-0.3, -0.25) is 0 Å². The third kappa shape index (κ3) is 4.34. The molecule has 0 saturated carbocycles. The standard InChI is InChI=1S/C18H27I/c1-7-8-9-16-13(2)10-15(18(4,5)6)11-17(16)14(3)12-19/h10-12H,7-9H2,1-6H3. The number of halogens is 1. The Labute approximate surface area is 132 Å². The van der Waals surface area contributed by atoms with Gasteiger partial charge in [-0.15, -0.1) is 0 Å². The van der Waals surface area contributed by atoms with Crippen molar-refractivity contribution in [3.05, 3.63) is 38.5 Å². The van der Waals surface area contributed by atoms with Gasteiger partial charge in [0, 0.05) is 0 Å². The van der Waals surface area contributed by atoms with Crippen molar-refractivity contribution < 1.29 is 0 Å². The van der Waals surface area contributed by atoms with E-state index < -0.39 is 0 Å². The van der Waals surface area contributed by atoms with E-state index in [1.165, 1.54) is 41.5 Å². The minimum atomic E-state index is 0.217. The second-order valence-corrected chi connectivity index (χ2v) is 7.09. The highest BCUT2D eigenvalue weighted by atomic mass is 127. The summed E-state index contributed by atoms with van der Waals surface area (Å²) < 4.78 is 2.20. The van der Waals surface area contributed by atoms with Crippen LogP contribution in [0.3, 0.4) is 0 Å². The van der Waals surface area contributed by atoms with Crippen LogP contribution in [-0.4, -0.2) is 0 Å². The van der Waals surface area contributed by atoms with Crippen LogP contribution >= 0.6 is 22.6 Å². The van der Waals surface area contributed by atoms with Crippen LogP contribution in [0, 0.1) is 6.92 Å². The van der Waals surface area contributed by atoms with Crippen molar-refractivity contribution in [2.24, 2.45) is 0 Å². The summed E-state index contributed by atoms with van der Waals surface area (Å²) in [6.45, 7) is 13.6. The summed E-state index contributed by atoms with van der Waals surface area (Å²) in [6.07, 6.45) is 3.73. The summed E-state index contributed by atoms with van der Waals surface area (Å²) in [4.78, 5) is 0. The lowest BCUT2D eigenvalue weighted by molar-refractivity contribution is 0.589. The normalized spacial score (nSPS) is 12.9. The topological polar surface area (TPSA) is 0 Å². The van der Waals surface area contributed by atoms with Crippen molar-refractivity contribution in [2.45, 2.75) is 66.2 Å². The molecule has 0 heterocycles. The molecule has 0 spiro atoms. The largest absolute Gasteiger partial charge is 0.0654 e. The Morgan fingerprint density at radius 2 is 1.89 bits per heavy atom. The van der Waals surface area contributed by atoms with Gasteiger partial charge < -0.3 is 0 Å². The fourth-order valence-corrected chi connectivity index (χ4v) is 2.68. The minimum absolute atomic E-state index is 0.217. The van der Waals surface area contributed by atoms with Gasteiger partial charge >= 0.3 is 0 Å². The predicted molar refractivity (Wildman–Crippen MR) is 96.2 cm³/mol. The van der Waals surface area contributed by atoms with Crippen LogP contribution in [0.2, 0.25) is 0 Å². The Balaban J connectivity index is 3.39. The van der Waals surface area contributed by atoms with Crippen LogP contribution < -0.4 is 0 Å². The highest BCUT2D eigenvalue weighted by molar-refractivity contribution is 14.1. The maximum Gasteiger partial charge on any atom is -0.0132 e. The molecule has 0 nitrogen and oxygen atoms in total. The molecule has 1 heteroatoms. The van der Waals surface area contributed by atoms with Gasteiger partial charge in [-0.2, -0.15) is 0 Å². The quantitative estimate of drug-likeness (QED) is 0.536. The fourth-order valence-electron chi connectivity index (χ4n) is 2.35. The molecule has 0 unspecified atom stereocenters. The molecule has 0 bridgehead atoms. The monoisotopic (exact) mass is 370 g/mol. The van der Waals surface area contributed by atoms with Crippen molar-refractivity contribution in [3.63, 3.8) is 0 Å². The van der Waals surface area contributed by atoms with Crippen LogP contribution in [0.4, 0.5) is 0 Å². The summed E-state index contributed by atoms with van der Waals surface area (Å²) in [7, 11) is 0. The van der Waals surface area contributed by atoms with Crippen LogP contribution in [-0.2, 0) is 11.8 Å². The number of hydrogen-bond acceptors (Lipinski definition) is 0. The zero-order valence-electron chi connectivity index (χ0n) is 13.2. The minimum Gasteiger partial charge on any atom is -0.0654 e. The van der Waals surface area contributed by atoms with Crippen molar-refractivity contribution in [1.29, 1.82) is 0 Å². The van der Waals surface area contributed by atoms with Gasteiger partial charge in [-0.25, -0.2) is 0 Å². The molecule has 1 rings (SSSR count). The molecule has 1 aromatic rings. The molecule has 0 radical (unpaired) electrons. The van der Waals surface area contributed by atoms with Gasteiger partial charge in [0.05, 0.1) is 0 Å². The SMILES string of the molecule is CCCCc1c(C)cc(C(C)(C)C)cc1C(C)=CI. The number of hydrogen-bond donors (Lipinski definition) is 0. The molecular weight excluding hydrogens is 343 g/mol. The van der Waals surface area contributed by atoms with E-state index in [-0.39, 0.29) is 5.41 Å². The fraction of sp³-hybridized carbons (Fsp3) is 0.556. The molecule has 0 fully saturated rings. The van der Waals surface area contributed by atoms with E-state index in [0.717, 1.165) is 0 Å². The van der Waals surface area contributed by atoms with Crippen LogP contribution in [0.5, 0.6) is 0 Å². The van der Waals surface area contributed by atoms with Crippen molar-refractivity contribution in [3.8, 4) is 0 Å². The summed E-state index contributed by atoms with van der Waals surface area (Å²) in [5.41, 5.74) is 7.49. The smallest absolute Gasteiger partial charge is 0.0132 e. The second-order valence-electron chi connectivity index (χ2n) is 6.46. The first-order valence-corrected chi connectivity index (χ1v) is 8.47. The summed E-state index contributed by atoms with van der Waals surface area (Å²) in [6, 6.07) is 4.79. The lowest BCUT2D eigenvalue weighted by Crippen LogP contribution is -2.13. The van der Waals surface area contributed by atoms with Gasteiger partial charge in [0.25, 0.3) is 0 Å². The van der Waals surface area contributed by atoms with E-state index in [4.69, 9.17) is 0 Å². The number of rotatable bonds is 4. The zero-order chi connectivity index (χ0) is 14.6. The summed E-state index contributed by atoms with van der Waals surface area (Å²) >= 11 is 2.35. The highest BCUT2D eigenvalue weighted by Crippen LogP contribution is 2.31. The lowest BCUT2D eigenvalue weighted by Gasteiger charge is -2.23. The van der Waals surface area contributed by atoms with Gasteiger partial charge in [-0.1, -0.05) is 68.8 Å². The van der Waals surface area contributed by atoms with Crippen molar-refractivity contribution in [2.75, 3.05) is 0 Å². The Kier molecular flexibility index (Phi) is 6.10. The third-order valence-electron chi connectivity index (χ3n) is 3.71. The van der Waals surface area contributed by atoms with E-state index in [9.17, 15) is 0 Å². The van der Waals surface area contributed by atoms with Gasteiger partial charge in [-0.05, 0) is 64.0 Å². The Morgan fingerprint density at radius 3 is 2.37 bits per heavy atom. The molecule has 0 aromatic heterocycles. The third-order valence-corrected chi connectivity index (χ3v) is 4.64. The van der Waals surface area contributed by atoms with E-state index in [2.05, 4.69) is 80.3 Å². The average Bonchev–Trinajstić information content (AvgIpc) is 2.34. The summed E-state index contributed by atoms with van der Waals surface area (Å²) in [5.74, 6) is 0. The first-order valence-electron chi connectivity index (χ1n) is 7.22. The number of benzene rings is 1. The molecule has 0 aliphatic rings. The molecule has 0 N–H and O–H groups in total. The molecule has 1 aromatic carbocycles. The number of aryl methyl sites for hydroxylation is 1. The molecule has 0 aliphatic carbocycles. The molecule has 0 amide bonds. The zero-order valence-corrected chi connectivity index (χ0v) is 15.4. The Bertz CT molecular complexity index is 461. The van der Waals surface area contributed by atoms with E-state index >= 15 is 0 Å². The van der Waals surface area contributed by atoms with Crippen LogP contribution in [0.15, 0.2) is 16.2 Å².